The molecule has 0 saturated carbocycles. The van der Waals surface area contributed by atoms with Crippen molar-refractivity contribution >= 4 is 5.69 Å². The van der Waals surface area contributed by atoms with E-state index in [1.165, 1.54) is 6.92 Å². The molecule has 6 heteroatoms. The van der Waals surface area contributed by atoms with Crippen LogP contribution in [0.5, 0.6) is 5.75 Å². The van der Waals surface area contributed by atoms with Crippen LogP contribution in [0.3, 0.4) is 0 Å². The molecule has 0 bridgehead atoms. The molecule has 1 aliphatic rings. The number of ether oxygens (including phenoxy) is 1. The van der Waals surface area contributed by atoms with E-state index >= 15 is 0 Å². The van der Waals surface area contributed by atoms with Gasteiger partial charge in [-0.3, -0.25) is 0 Å². The number of fused-ring (bicyclic) bond motifs is 1. The van der Waals surface area contributed by atoms with Crippen molar-refractivity contribution < 1.29 is 17.9 Å². The molecule has 1 aliphatic heterocycles. The molecule has 2 N–H and O–H groups in total. The molecule has 0 amide bonds. The zero-order valence-corrected chi connectivity index (χ0v) is 10.7. The van der Waals surface area contributed by atoms with E-state index in [0.717, 1.165) is 23.5 Å². The Bertz CT molecular complexity index is 434. The second kappa shape index (κ2) is 5.69. The largest absolute Gasteiger partial charge is 0.489 e. The first-order valence-corrected chi connectivity index (χ1v) is 6.24. The highest BCUT2D eigenvalue weighted by Gasteiger charge is 2.29. The molecule has 0 aliphatic carbocycles. The molecule has 19 heavy (non-hydrogen) atoms. The first-order chi connectivity index (χ1) is 8.96. The number of benzene rings is 1. The van der Waals surface area contributed by atoms with Gasteiger partial charge in [0.15, 0.2) is 0 Å². The maximum absolute atomic E-state index is 12.2. The smallest absolute Gasteiger partial charge is 0.390 e. The minimum atomic E-state index is -4.14. The van der Waals surface area contributed by atoms with E-state index in [2.05, 4.69) is 10.6 Å². The molecule has 0 fully saturated rings. The predicted octanol–water partition coefficient (Wildman–Crippen LogP) is 2.92. The Morgan fingerprint density at radius 3 is 2.95 bits per heavy atom. The SMILES string of the molecule is CC(CC(F)(F)F)NCc1cccc2c1OCCN2. The van der Waals surface area contributed by atoms with Gasteiger partial charge in [0.2, 0.25) is 0 Å². The van der Waals surface area contributed by atoms with Gasteiger partial charge in [0.05, 0.1) is 12.1 Å². The third-order valence-corrected chi connectivity index (χ3v) is 2.94. The van der Waals surface area contributed by atoms with E-state index in [1.807, 2.05) is 18.2 Å². The van der Waals surface area contributed by atoms with E-state index in [-0.39, 0.29) is 0 Å². The summed E-state index contributed by atoms with van der Waals surface area (Å²) in [5.41, 5.74) is 1.77. The standard InChI is InChI=1S/C13H17F3N2O/c1-9(7-13(14,15)16)18-8-10-3-2-4-11-12(10)19-6-5-17-11/h2-4,9,17-18H,5-8H2,1H3. The van der Waals surface area contributed by atoms with Crippen molar-refractivity contribution in [2.45, 2.75) is 32.1 Å². The highest BCUT2D eigenvalue weighted by atomic mass is 19.4. The number of rotatable bonds is 4. The Kier molecular flexibility index (Phi) is 4.19. The molecule has 3 nitrogen and oxygen atoms in total. The number of para-hydroxylation sites is 1. The molecule has 0 spiro atoms. The molecule has 2 rings (SSSR count). The monoisotopic (exact) mass is 274 g/mol. The maximum Gasteiger partial charge on any atom is 0.390 e. The summed E-state index contributed by atoms with van der Waals surface area (Å²) in [7, 11) is 0. The van der Waals surface area contributed by atoms with Gasteiger partial charge in [0.25, 0.3) is 0 Å². The molecule has 106 valence electrons. The summed E-state index contributed by atoms with van der Waals surface area (Å²) in [5.74, 6) is 0.737. The summed E-state index contributed by atoms with van der Waals surface area (Å²) in [5, 5.41) is 6.07. The van der Waals surface area contributed by atoms with Crippen LogP contribution in [0, 0.1) is 0 Å². The van der Waals surface area contributed by atoms with Crippen LogP contribution >= 0.6 is 0 Å². The average molecular weight is 274 g/mol. The Morgan fingerprint density at radius 1 is 1.42 bits per heavy atom. The second-order valence-corrected chi connectivity index (χ2v) is 4.67. The molecule has 0 aromatic heterocycles. The minimum Gasteiger partial charge on any atom is -0.489 e. The van der Waals surface area contributed by atoms with Crippen molar-refractivity contribution in [3.05, 3.63) is 23.8 Å². The fourth-order valence-corrected chi connectivity index (χ4v) is 2.08. The molecule has 1 atom stereocenters. The number of nitrogens with one attached hydrogen (secondary N) is 2. The Hall–Kier alpha value is -1.43. The van der Waals surface area contributed by atoms with Crippen LogP contribution in [0.15, 0.2) is 18.2 Å². The molecule has 0 saturated heterocycles. The molecule has 0 radical (unpaired) electrons. The second-order valence-electron chi connectivity index (χ2n) is 4.67. The molecule has 1 unspecified atom stereocenters. The Balaban J connectivity index is 1.96. The average Bonchev–Trinajstić information content (AvgIpc) is 2.34. The number of anilines is 1. The van der Waals surface area contributed by atoms with Crippen molar-refractivity contribution in [2.75, 3.05) is 18.5 Å². The predicted molar refractivity (Wildman–Crippen MR) is 67.4 cm³/mol. The van der Waals surface area contributed by atoms with Crippen LogP contribution in [-0.4, -0.2) is 25.4 Å². The highest BCUT2D eigenvalue weighted by molar-refractivity contribution is 5.61. The fourth-order valence-electron chi connectivity index (χ4n) is 2.08. The first-order valence-electron chi connectivity index (χ1n) is 6.24. The van der Waals surface area contributed by atoms with Crippen molar-refractivity contribution in [1.29, 1.82) is 0 Å². The minimum absolute atomic E-state index is 0.363. The lowest BCUT2D eigenvalue weighted by molar-refractivity contribution is -0.139. The summed E-state index contributed by atoms with van der Waals surface area (Å²) in [6, 6.07) is 5.01. The summed E-state index contributed by atoms with van der Waals surface area (Å²) >= 11 is 0. The van der Waals surface area contributed by atoms with Crippen molar-refractivity contribution in [3.8, 4) is 5.75 Å². The molecule has 1 heterocycles. The number of halogens is 3. The van der Waals surface area contributed by atoms with Gasteiger partial charge in [-0.15, -0.1) is 0 Å². The number of alkyl halides is 3. The lowest BCUT2D eigenvalue weighted by Gasteiger charge is -2.23. The van der Waals surface area contributed by atoms with Gasteiger partial charge in [-0.2, -0.15) is 13.2 Å². The zero-order chi connectivity index (χ0) is 13.9. The topological polar surface area (TPSA) is 33.3 Å². The third kappa shape index (κ3) is 4.02. The van der Waals surface area contributed by atoms with Crippen LogP contribution in [0.4, 0.5) is 18.9 Å². The lowest BCUT2D eigenvalue weighted by atomic mass is 10.1. The van der Waals surface area contributed by atoms with Crippen LogP contribution in [-0.2, 0) is 6.54 Å². The molecule has 1 aromatic carbocycles. The van der Waals surface area contributed by atoms with E-state index < -0.39 is 18.6 Å². The number of hydrogen-bond donors (Lipinski definition) is 2. The van der Waals surface area contributed by atoms with E-state index in [9.17, 15) is 13.2 Å². The van der Waals surface area contributed by atoms with Gasteiger partial charge in [-0.25, -0.2) is 0 Å². The Morgan fingerprint density at radius 2 is 2.21 bits per heavy atom. The fraction of sp³-hybridized carbons (Fsp3) is 0.538. The normalized spacial score (nSPS) is 16.2. The number of hydrogen-bond acceptors (Lipinski definition) is 3. The van der Waals surface area contributed by atoms with Crippen LogP contribution in [0.2, 0.25) is 0 Å². The van der Waals surface area contributed by atoms with Crippen LogP contribution < -0.4 is 15.4 Å². The third-order valence-electron chi connectivity index (χ3n) is 2.94. The van der Waals surface area contributed by atoms with Gasteiger partial charge >= 0.3 is 6.18 Å². The summed E-state index contributed by atoms with van der Waals surface area (Å²) in [6.45, 7) is 3.21. The first kappa shape index (κ1) is 14.0. The molecular weight excluding hydrogens is 257 g/mol. The Labute approximate surface area is 110 Å². The van der Waals surface area contributed by atoms with Crippen molar-refractivity contribution in [1.82, 2.24) is 5.32 Å². The van der Waals surface area contributed by atoms with Crippen LogP contribution in [0.25, 0.3) is 0 Å². The molecular formula is C13H17F3N2O. The molecule has 1 aromatic rings. The van der Waals surface area contributed by atoms with E-state index in [4.69, 9.17) is 4.74 Å². The van der Waals surface area contributed by atoms with Gasteiger partial charge in [0, 0.05) is 24.7 Å². The summed E-state index contributed by atoms with van der Waals surface area (Å²) < 4.78 is 42.3. The highest BCUT2D eigenvalue weighted by Crippen LogP contribution is 2.31. The summed E-state index contributed by atoms with van der Waals surface area (Å²) in [6.07, 6.45) is -4.97. The zero-order valence-electron chi connectivity index (χ0n) is 10.7. The van der Waals surface area contributed by atoms with Gasteiger partial charge in [-0.1, -0.05) is 12.1 Å². The quantitative estimate of drug-likeness (QED) is 0.885. The van der Waals surface area contributed by atoms with Gasteiger partial charge < -0.3 is 15.4 Å². The van der Waals surface area contributed by atoms with Gasteiger partial charge in [-0.05, 0) is 13.0 Å². The summed E-state index contributed by atoms with van der Waals surface area (Å²) in [4.78, 5) is 0. The van der Waals surface area contributed by atoms with Gasteiger partial charge in [0.1, 0.15) is 12.4 Å². The van der Waals surface area contributed by atoms with Crippen LogP contribution in [0.1, 0.15) is 18.9 Å². The maximum atomic E-state index is 12.2. The van der Waals surface area contributed by atoms with Crippen molar-refractivity contribution in [2.24, 2.45) is 0 Å². The lowest BCUT2D eigenvalue weighted by Crippen LogP contribution is -2.31. The van der Waals surface area contributed by atoms with E-state index in [1.54, 1.807) is 0 Å². The van der Waals surface area contributed by atoms with E-state index in [0.29, 0.717) is 13.2 Å². The van der Waals surface area contributed by atoms with Crippen molar-refractivity contribution in [3.63, 3.8) is 0 Å².